The Bertz CT molecular complexity index is 503. The molecule has 0 aliphatic carbocycles. The number of nitrogens with zero attached hydrogens (tertiary/aromatic N) is 4. The Morgan fingerprint density at radius 1 is 1.56 bits per heavy atom. The summed E-state index contributed by atoms with van der Waals surface area (Å²) in [4.78, 5) is 8.56. The van der Waals surface area contributed by atoms with E-state index in [1.165, 1.54) is 0 Å². The minimum atomic E-state index is -0.0595. The monoisotopic (exact) mass is 219 g/mol. The van der Waals surface area contributed by atoms with Gasteiger partial charge >= 0.3 is 0 Å². The highest BCUT2D eigenvalue weighted by atomic mass is 16.5. The van der Waals surface area contributed by atoms with Gasteiger partial charge in [-0.15, -0.1) is 5.10 Å². The second kappa shape index (κ2) is 3.80. The first-order valence-corrected chi connectivity index (χ1v) is 5.34. The summed E-state index contributed by atoms with van der Waals surface area (Å²) in [7, 11) is 0. The van der Waals surface area contributed by atoms with Crippen molar-refractivity contribution in [3.63, 3.8) is 0 Å². The molecule has 0 amide bonds. The molecular weight excluding hydrogens is 206 g/mol. The van der Waals surface area contributed by atoms with Crippen LogP contribution in [0.5, 0.6) is 0 Å². The van der Waals surface area contributed by atoms with E-state index >= 15 is 0 Å². The Morgan fingerprint density at radius 3 is 3.31 bits per heavy atom. The molecule has 1 N–H and O–H groups in total. The number of hydrogen-bond donors (Lipinski definition) is 1. The zero-order valence-corrected chi connectivity index (χ0v) is 9.05. The number of aromatic nitrogens is 4. The molecule has 1 unspecified atom stereocenters. The number of rotatable bonds is 1. The maximum atomic E-state index is 5.60. The van der Waals surface area contributed by atoms with E-state index < -0.39 is 0 Å². The Hall–Kier alpha value is -1.53. The SMILES string of the molecule is Cc1cnc2nc(C3CNCCO3)nn2c1. The van der Waals surface area contributed by atoms with Crippen LogP contribution in [0.4, 0.5) is 0 Å². The van der Waals surface area contributed by atoms with E-state index in [1.54, 1.807) is 10.7 Å². The maximum Gasteiger partial charge on any atom is 0.252 e. The van der Waals surface area contributed by atoms with Gasteiger partial charge in [0.25, 0.3) is 5.78 Å². The lowest BCUT2D eigenvalue weighted by atomic mass is 10.3. The Balaban J connectivity index is 1.97. The Kier molecular flexibility index (Phi) is 2.30. The third-order valence-corrected chi connectivity index (χ3v) is 2.55. The lowest BCUT2D eigenvalue weighted by Gasteiger charge is -2.20. The van der Waals surface area contributed by atoms with Crippen LogP contribution in [-0.4, -0.2) is 39.3 Å². The fraction of sp³-hybridized carbons (Fsp3) is 0.500. The summed E-state index contributed by atoms with van der Waals surface area (Å²) in [5, 5.41) is 7.63. The molecule has 2 aromatic heterocycles. The van der Waals surface area contributed by atoms with Gasteiger partial charge in [-0.3, -0.25) is 0 Å². The number of nitrogens with one attached hydrogen (secondary N) is 1. The Morgan fingerprint density at radius 2 is 2.50 bits per heavy atom. The van der Waals surface area contributed by atoms with Crippen LogP contribution in [0.3, 0.4) is 0 Å². The first-order valence-electron chi connectivity index (χ1n) is 5.34. The summed E-state index contributed by atoms with van der Waals surface area (Å²) in [6, 6.07) is 0. The molecule has 1 saturated heterocycles. The van der Waals surface area contributed by atoms with Crippen LogP contribution >= 0.6 is 0 Å². The molecule has 1 fully saturated rings. The summed E-state index contributed by atoms with van der Waals surface area (Å²) in [5.41, 5.74) is 1.06. The van der Waals surface area contributed by atoms with Gasteiger partial charge in [0.15, 0.2) is 5.82 Å². The van der Waals surface area contributed by atoms with Crippen molar-refractivity contribution in [2.24, 2.45) is 0 Å². The van der Waals surface area contributed by atoms with Crippen molar-refractivity contribution in [3.8, 4) is 0 Å². The van der Waals surface area contributed by atoms with Crippen LogP contribution in [-0.2, 0) is 4.74 Å². The highest BCUT2D eigenvalue weighted by Gasteiger charge is 2.20. The second-order valence-electron chi connectivity index (χ2n) is 3.91. The summed E-state index contributed by atoms with van der Waals surface area (Å²) in [6.45, 7) is 4.33. The van der Waals surface area contributed by atoms with E-state index in [2.05, 4.69) is 20.4 Å². The van der Waals surface area contributed by atoms with E-state index in [4.69, 9.17) is 4.74 Å². The highest BCUT2D eigenvalue weighted by molar-refractivity contribution is 5.27. The molecule has 0 bridgehead atoms. The van der Waals surface area contributed by atoms with Crippen LogP contribution in [0.2, 0.25) is 0 Å². The number of fused-ring (bicyclic) bond motifs is 1. The fourth-order valence-corrected chi connectivity index (χ4v) is 1.76. The van der Waals surface area contributed by atoms with Crippen LogP contribution in [0, 0.1) is 6.92 Å². The van der Waals surface area contributed by atoms with E-state index in [9.17, 15) is 0 Å². The zero-order chi connectivity index (χ0) is 11.0. The minimum Gasteiger partial charge on any atom is -0.367 e. The van der Waals surface area contributed by atoms with Gasteiger partial charge in [-0.05, 0) is 12.5 Å². The van der Waals surface area contributed by atoms with Gasteiger partial charge in [0.2, 0.25) is 0 Å². The van der Waals surface area contributed by atoms with Gasteiger partial charge in [0.1, 0.15) is 6.10 Å². The summed E-state index contributed by atoms with van der Waals surface area (Å²) in [5.74, 6) is 1.32. The first-order chi connectivity index (χ1) is 7.83. The van der Waals surface area contributed by atoms with E-state index in [-0.39, 0.29) is 6.10 Å². The maximum absolute atomic E-state index is 5.60. The molecular formula is C10H13N5O. The summed E-state index contributed by atoms with van der Waals surface area (Å²) < 4.78 is 7.29. The molecule has 3 rings (SSSR count). The van der Waals surface area contributed by atoms with Crippen LogP contribution in [0.25, 0.3) is 5.78 Å². The normalized spacial score (nSPS) is 21.4. The molecule has 84 valence electrons. The molecule has 1 atom stereocenters. The lowest BCUT2D eigenvalue weighted by Crippen LogP contribution is -2.33. The summed E-state index contributed by atoms with van der Waals surface area (Å²) in [6.07, 6.45) is 3.64. The highest BCUT2D eigenvalue weighted by Crippen LogP contribution is 2.15. The number of morpholine rings is 1. The molecule has 2 aromatic rings. The molecule has 3 heterocycles. The van der Waals surface area contributed by atoms with Crippen molar-refractivity contribution in [1.29, 1.82) is 0 Å². The Labute approximate surface area is 92.7 Å². The van der Waals surface area contributed by atoms with Crippen molar-refractivity contribution < 1.29 is 4.74 Å². The molecule has 0 saturated carbocycles. The van der Waals surface area contributed by atoms with Crippen LogP contribution < -0.4 is 5.32 Å². The van der Waals surface area contributed by atoms with Crippen LogP contribution in [0.1, 0.15) is 17.5 Å². The van der Waals surface area contributed by atoms with Gasteiger partial charge in [-0.25, -0.2) is 9.50 Å². The van der Waals surface area contributed by atoms with E-state index in [1.807, 2.05) is 13.1 Å². The van der Waals surface area contributed by atoms with Crippen molar-refractivity contribution >= 4 is 5.78 Å². The molecule has 16 heavy (non-hydrogen) atoms. The van der Waals surface area contributed by atoms with Gasteiger partial charge in [0.05, 0.1) is 6.61 Å². The van der Waals surface area contributed by atoms with Gasteiger partial charge in [0, 0.05) is 25.5 Å². The van der Waals surface area contributed by atoms with E-state index in [0.29, 0.717) is 18.2 Å². The minimum absolute atomic E-state index is 0.0595. The average Bonchev–Trinajstić information content (AvgIpc) is 2.73. The smallest absolute Gasteiger partial charge is 0.252 e. The van der Waals surface area contributed by atoms with Crippen molar-refractivity contribution in [2.75, 3.05) is 19.7 Å². The predicted molar refractivity (Wildman–Crippen MR) is 57.1 cm³/mol. The molecule has 1 aliphatic rings. The third kappa shape index (κ3) is 1.66. The second-order valence-corrected chi connectivity index (χ2v) is 3.91. The first kappa shape index (κ1) is 9.68. The third-order valence-electron chi connectivity index (χ3n) is 2.55. The van der Waals surface area contributed by atoms with Crippen molar-refractivity contribution in [1.82, 2.24) is 24.9 Å². The van der Waals surface area contributed by atoms with Gasteiger partial charge in [-0.1, -0.05) is 0 Å². The topological polar surface area (TPSA) is 64.3 Å². The molecule has 6 heteroatoms. The standard InChI is InChI=1S/C10H13N5O/c1-7-4-12-10-13-9(14-15(10)6-7)8-5-11-2-3-16-8/h4,6,8,11H,2-3,5H2,1H3. The number of hydrogen-bond acceptors (Lipinski definition) is 5. The van der Waals surface area contributed by atoms with Crippen molar-refractivity contribution in [2.45, 2.75) is 13.0 Å². The predicted octanol–water partition coefficient (Wildman–Crippen LogP) is 0.0936. The van der Waals surface area contributed by atoms with Gasteiger partial charge < -0.3 is 10.1 Å². The van der Waals surface area contributed by atoms with Crippen LogP contribution in [0.15, 0.2) is 12.4 Å². The largest absolute Gasteiger partial charge is 0.367 e. The molecule has 0 radical (unpaired) electrons. The quantitative estimate of drug-likeness (QED) is 0.736. The fourth-order valence-electron chi connectivity index (χ4n) is 1.76. The molecule has 0 aromatic carbocycles. The number of aryl methyl sites for hydroxylation is 1. The van der Waals surface area contributed by atoms with Gasteiger partial charge in [-0.2, -0.15) is 4.98 Å². The molecule has 1 aliphatic heterocycles. The summed E-state index contributed by atoms with van der Waals surface area (Å²) >= 11 is 0. The zero-order valence-electron chi connectivity index (χ0n) is 9.05. The number of ether oxygens (including phenoxy) is 1. The van der Waals surface area contributed by atoms with Crippen molar-refractivity contribution in [3.05, 3.63) is 23.8 Å². The van der Waals surface area contributed by atoms with E-state index in [0.717, 1.165) is 18.7 Å². The molecule has 6 nitrogen and oxygen atoms in total. The lowest BCUT2D eigenvalue weighted by molar-refractivity contribution is 0.0223. The molecule has 0 spiro atoms. The average molecular weight is 219 g/mol.